The van der Waals surface area contributed by atoms with Crippen molar-refractivity contribution in [2.75, 3.05) is 17.7 Å². The predicted molar refractivity (Wildman–Crippen MR) is 88.5 cm³/mol. The van der Waals surface area contributed by atoms with E-state index in [1.54, 1.807) is 7.11 Å². The SMILES string of the molecule is COC1CCC(Nc2ncc(C(N)=O)c(NC3CCC3)n2)CC1. The topological polar surface area (TPSA) is 102 Å². The van der Waals surface area contributed by atoms with E-state index in [9.17, 15) is 4.79 Å². The van der Waals surface area contributed by atoms with Gasteiger partial charge in [0.25, 0.3) is 5.91 Å². The number of hydrogen-bond acceptors (Lipinski definition) is 6. The van der Waals surface area contributed by atoms with Gasteiger partial charge >= 0.3 is 0 Å². The fraction of sp³-hybridized carbons (Fsp3) is 0.688. The molecule has 0 radical (unpaired) electrons. The number of aromatic nitrogens is 2. The zero-order valence-corrected chi connectivity index (χ0v) is 13.5. The van der Waals surface area contributed by atoms with Crippen LogP contribution in [0, 0.1) is 0 Å². The van der Waals surface area contributed by atoms with Crippen LogP contribution in [-0.2, 0) is 4.74 Å². The molecule has 2 aliphatic rings. The quantitative estimate of drug-likeness (QED) is 0.740. The molecule has 4 N–H and O–H groups in total. The van der Waals surface area contributed by atoms with E-state index in [-0.39, 0.29) is 0 Å². The molecule has 0 aromatic carbocycles. The van der Waals surface area contributed by atoms with Gasteiger partial charge in [0.2, 0.25) is 5.95 Å². The summed E-state index contributed by atoms with van der Waals surface area (Å²) in [4.78, 5) is 20.3. The number of hydrogen-bond donors (Lipinski definition) is 3. The third-order valence-corrected chi connectivity index (χ3v) is 4.84. The lowest BCUT2D eigenvalue weighted by Gasteiger charge is -2.29. The van der Waals surface area contributed by atoms with Crippen LogP contribution in [0.5, 0.6) is 0 Å². The zero-order valence-electron chi connectivity index (χ0n) is 13.5. The van der Waals surface area contributed by atoms with Gasteiger partial charge in [-0.3, -0.25) is 4.79 Å². The third kappa shape index (κ3) is 3.90. The fourth-order valence-corrected chi connectivity index (χ4v) is 3.11. The smallest absolute Gasteiger partial charge is 0.254 e. The summed E-state index contributed by atoms with van der Waals surface area (Å²) < 4.78 is 5.39. The first kappa shape index (κ1) is 16.0. The molecule has 0 spiro atoms. The Bertz CT molecular complexity index is 553. The average molecular weight is 319 g/mol. The molecule has 2 aliphatic carbocycles. The summed E-state index contributed by atoms with van der Waals surface area (Å²) >= 11 is 0. The molecule has 2 saturated carbocycles. The van der Waals surface area contributed by atoms with Crippen molar-refractivity contribution in [3.63, 3.8) is 0 Å². The standard InChI is InChI=1S/C16H25N5O2/c1-23-12-7-5-11(6-8-12)20-16-18-9-13(14(17)22)15(21-16)19-10-3-2-4-10/h9-12H,2-8H2,1H3,(H2,17,22)(H2,18,19,20,21). The summed E-state index contributed by atoms with van der Waals surface area (Å²) in [6.45, 7) is 0. The van der Waals surface area contributed by atoms with E-state index in [4.69, 9.17) is 10.5 Å². The lowest BCUT2D eigenvalue weighted by atomic mass is 9.93. The van der Waals surface area contributed by atoms with Gasteiger partial charge in [0.05, 0.1) is 11.7 Å². The van der Waals surface area contributed by atoms with E-state index in [1.165, 1.54) is 12.6 Å². The number of nitrogens with zero attached hydrogens (tertiary/aromatic N) is 2. The Morgan fingerprint density at radius 3 is 2.43 bits per heavy atom. The monoisotopic (exact) mass is 319 g/mol. The molecule has 1 aromatic heterocycles. The Balaban J connectivity index is 1.67. The molecule has 126 valence electrons. The maximum absolute atomic E-state index is 11.5. The van der Waals surface area contributed by atoms with E-state index in [0.29, 0.717) is 35.5 Å². The van der Waals surface area contributed by atoms with E-state index in [2.05, 4.69) is 20.6 Å². The molecule has 2 fully saturated rings. The minimum Gasteiger partial charge on any atom is -0.381 e. The number of nitrogens with two attached hydrogens (primary N) is 1. The number of ether oxygens (including phenoxy) is 1. The van der Waals surface area contributed by atoms with Crippen LogP contribution in [0.3, 0.4) is 0 Å². The van der Waals surface area contributed by atoms with Crippen molar-refractivity contribution in [3.8, 4) is 0 Å². The number of rotatable bonds is 6. The highest BCUT2D eigenvalue weighted by atomic mass is 16.5. The normalized spacial score (nSPS) is 24.7. The maximum atomic E-state index is 11.5. The van der Waals surface area contributed by atoms with Crippen molar-refractivity contribution in [2.24, 2.45) is 5.73 Å². The van der Waals surface area contributed by atoms with Crippen molar-refractivity contribution in [2.45, 2.75) is 63.1 Å². The van der Waals surface area contributed by atoms with Crippen LogP contribution < -0.4 is 16.4 Å². The van der Waals surface area contributed by atoms with Crippen LogP contribution in [0.1, 0.15) is 55.3 Å². The zero-order chi connectivity index (χ0) is 16.2. The summed E-state index contributed by atoms with van der Waals surface area (Å²) in [7, 11) is 1.77. The predicted octanol–water partition coefficient (Wildman–Crippen LogP) is 1.91. The first-order chi connectivity index (χ1) is 11.2. The second-order valence-electron chi connectivity index (χ2n) is 6.45. The van der Waals surface area contributed by atoms with Gasteiger partial charge in [-0.15, -0.1) is 0 Å². The number of nitrogens with one attached hydrogen (secondary N) is 2. The Hall–Kier alpha value is -1.89. The molecule has 1 amide bonds. The molecule has 23 heavy (non-hydrogen) atoms. The van der Waals surface area contributed by atoms with Crippen molar-refractivity contribution in [1.29, 1.82) is 0 Å². The number of anilines is 2. The van der Waals surface area contributed by atoms with Gasteiger partial charge in [0, 0.05) is 25.4 Å². The molecule has 3 rings (SSSR count). The largest absolute Gasteiger partial charge is 0.381 e. The molecular formula is C16H25N5O2. The lowest BCUT2D eigenvalue weighted by Crippen LogP contribution is -2.31. The summed E-state index contributed by atoms with van der Waals surface area (Å²) in [5, 5.41) is 6.68. The molecule has 0 unspecified atom stereocenters. The molecule has 1 aromatic rings. The Kier molecular flexibility index (Phi) is 4.95. The van der Waals surface area contributed by atoms with E-state index < -0.39 is 5.91 Å². The van der Waals surface area contributed by atoms with Crippen LogP contribution in [0.4, 0.5) is 11.8 Å². The Labute approximate surface area is 136 Å². The number of primary amides is 1. The number of carbonyl (C=O) groups excluding carboxylic acids is 1. The minimum absolute atomic E-state index is 0.345. The highest BCUT2D eigenvalue weighted by molar-refractivity contribution is 5.97. The second kappa shape index (κ2) is 7.12. The second-order valence-corrected chi connectivity index (χ2v) is 6.45. The van der Waals surface area contributed by atoms with Gasteiger partial charge in [0.15, 0.2) is 0 Å². The first-order valence-corrected chi connectivity index (χ1v) is 8.38. The first-order valence-electron chi connectivity index (χ1n) is 8.38. The summed E-state index contributed by atoms with van der Waals surface area (Å²) in [6, 6.07) is 0.727. The lowest BCUT2D eigenvalue weighted by molar-refractivity contribution is 0.0681. The van der Waals surface area contributed by atoms with E-state index in [1.807, 2.05) is 0 Å². The van der Waals surface area contributed by atoms with Gasteiger partial charge in [-0.2, -0.15) is 4.98 Å². The molecule has 0 atom stereocenters. The Morgan fingerprint density at radius 1 is 1.17 bits per heavy atom. The van der Waals surface area contributed by atoms with Crippen molar-refractivity contribution >= 4 is 17.7 Å². The number of methoxy groups -OCH3 is 1. The van der Waals surface area contributed by atoms with Crippen LogP contribution in [0.2, 0.25) is 0 Å². The average Bonchev–Trinajstić information content (AvgIpc) is 2.51. The molecular weight excluding hydrogens is 294 g/mol. The van der Waals surface area contributed by atoms with Gasteiger partial charge in [-0.05, 0) is 44.9 Å². The Morgan fingerprint density at radius 2 is 1.87 bits per heavy atom. The highest BCUT2D eigenvalue weighted by Gasteiger charge is 2.23. The summed E-state index contributed by atoms with van der Waals surface area (Å²) in [5.74, 6) is 0.599. The number of carbonyl (C=O) groups is 1. The maximum Gasteiger partial charge on any atom is 0.254 e. The van der Waals surface area contributed by atoms with Gasteiger partial charge in [-0.25, -0.2) is 4.98 Å². The van der Waals surface area contributed by atoms with Crippen LogP contribution in [-0.4, -0.2) is 41.2 Å². The van der Waals surface area contributed by atoms with Gasteiger partial charge in [0.1, 0.15) is 5.82 Å². The van der Waals surface area contributed by atoms with Gasteiger partial charge in [-0.1, -0.05) is 0 Å². The molecule has 0 aliphatic heterocycles. The van der Waals surface area contributed by atoms with Crippen molar-refractivity contribution in [3.05, 3.63) is 11.8 Å². The molecule has 7 nitrogen and oxygen atoms in total. The molecule has 0 bridgehead atoms. The molecule has 0 saturated heterocycles. The molecule has 1 heterocycles. The highest BCUT2D eigenvalue weighted by Crippen LogP contribution is 2.26. The van der Waals surface area contributed by atoms with Crippen molar-refractivity contribution < 1.29 is 9.53 Å². The summed E-state index contributed by atoms with van der Waals surface area (Å²) in [6.07, 6.45) is 9.44. The summed E-state index contributed by atoms with van der Waals surface area (Å²) in [5.41, 5.74) is 5.77. The fourth-order valence-electron chi connectivity index (χ4n) is 3.11. The van der Waals surface area contributed by atoms with Gasteiger partial charge < -0.3 is 21.1 Å². The van der Waals surface area contributed by atoms with Crippen LogP contribution in [0.25, 0.3) is 0 Å². The van der Waals surface area contributed by atoms with Crippen LogP contribution >= 0.6 is 0 Å². The molecule has 7 heteroatoms. The third-order valence-electron chi connectivity index (χ3n) is 4.84. The number of amides is 1. The van der Waals surface area contributed by atoms with Crippen LogP contribution in [0.15, 0.2) is 6.20 Å². The van der Waals surface area contributed by atoms with Crippen molar-refractivity contribution in [1.82, 2.24) is 9.97 Å². The van der Waals surface area contributed by atoms with E-state index >= 15 is 0 Å². The minimum atomic E-state index is -0.501. The van der Waals surface area contributed by atoms with E-state index in [0.717, 1.165) is 38.5 Å².